The summed E-state index contributed by atoms with van der Waals surface area (Å²) >= 11 is 0. The average molecular weight is 1110 g/mol. The van der Waals surface area contributed by atoms with E-state index in [1.807, 2.05) is 20.0 Å². The molecule has 2 amide bonds. The van der Waals surface area contributed by atoms with Gasteiger partial charge in [0.25, 0.3) is 0 Å². The Morgan fingerprint density at radius 3 is 2.13 bits per heavy atom. The molecule has 4 aromatic rings. The SMILES string of the molecule is C.CC(C)[C@H](C)C(=O)N1C[C@]2(CCCOC2)C[C@H]1c1ncc(-c2ccc(-c3ccc4c(c3)CCCc3[nH]c([C@@H]5C[C@@H]6CCCC[C@@H]6N5)nc3-4)cc2)[nH]1.COC(=O)N[C@H](C(C)=O)C(C)C.S.S.S.S.S.S.S. The van der Waals surface area contributed by atoms with Crippen LogP contribution in [0.3, 0.4) is 0 Å². The van der Waals surface area contributed by atoms with E-state index in [9.17, 15) is 14.4 Å². The molecule has 1 spiro atoms. The maximum Gasteiger partial charge on any atom is 0.407 e. The number of H-pyrrole nitrogens is 2. The first-order chi connectivity index (χ1) is 30.3. The largest absolute Gasteiger partial charge is 0.453 e. The molecular formula is C52H87N7O5S7. The number of Topliss-reactive ketones (excluding diaryl/α,β-unsaturated/α-hetero) is 1. The Kier molecular flexibility index (Phi) is 29.2. The number of amides is 2. The van der Waals surface area contributed by atoms with E-state index in [1.165, 1.54) is 74.1 Å². The summed E-state index contributed by atoms with van der Waals surface area (Å²) in [5.74, 6) is 3.35. The van der Waals surface area contributed by atoms with Crippen molar-refractivity contribution in [2.45, 2.75) is 144 Å². The number of hydrogen-bond acceptors (Lipinski definition) is 8. The van der Waals surface area contributed by atoms with Crippen LogP contribution >= 0.6 is 94.5 Å². The summed E-state index contributed by atoms with van der Waals surface area (Å²) in [5, 5.41) is 6.38. The number of aromatic nitrogens is 4. The van der Waals surface area contributed by atoms with Crippen LogP contribution in [0.25, 0.3) is 33.6 Å². The van der Waals surface area contributed by atoms with Gasteiger partial charge in [-0.1, -0.05) is 97.4 Å². The molecule has 5 aliphatic rings. The Morgan fingerprint density at radius 2 is 1.51 bits per heavy atom. The molecule has 0 bridgehead atoms. The van der Waals surface area contributed by atoms with Crippen LogP contribution in [0.5, 0.6) is 0 Å². The number of aryl methyl sites for hydroxylation is 2. The van der Waals surface area contributed by atoms with Crippen molar-refractivity contribution in [2.24, 2.45) is 29.1 Å². The Balaban J connectivity index is 0.00000220. The minimum Gasteiger partial charge on any atom is -0.453 e. The minimum absolute atomic E-state index is 0. The van der Waals surface area contributed by atoms with E-state index >= 15 is 0 Å². The quantitative estimate of drug-likeness (QED) is 0.129. The molecule has 2 aliphatic carbocycles. The van der Waals surface area contributed by atoms with E-state index in [2.05, 4.69) is 93.5 Å². The number of likely N-dealkylation sites (tertiary alicyclic amines) is 1. The highest BCUT2D eigenvalue weighted by Crippen LogP contribution is 2.48. The number of carbonyl (C=O) groups is 3. The van der Waals surface area contributed by atoms with Crippen LogP contribution in [0, 0.1) is 29.1 Å². The monoisotopic (exact) mass is 1110 g/mol. The van der Waals surface area contributed by atoms with Gasteiger partial charge < -0.3 is 35.0 Å². The van der Waals surface area contributed by atoms with Crippen LogP contribution in [0.1, 0.15) is 142 Å². The number of hydrogen-bond donors (Lipinski definition) is 4. The smallest absolute Gasteiger partial charge is 0.407 e. The van der Waals surface area contributed by atoms with Crippen LogP contribution < -0.4 is 10.6 Å². The molecule has 9 rings (SSSR count). The molecule has 402 valence electrons. The molecule has 2 aromatic heterocycles. The predicted octanol–water partition coefficient (Wildman–Crippen LogP) is 11.0. The predicted molar refractivity (Wildman–Crippen MR) is 325 cm³/mol. The number of nitrogens with one attached hydrogen (secondary N) is 4. The first-order valence-corrected chi connectivity index (χ1v) is 23.7. The van der Waals surface area contributed by atoms with Crippen molar-refractivity contribution in [1.29, 1.82) is 0 Å². The molecule has 4 fully saturated rings. The zero-order chi connectivity index (χ0) is 44.4. The second-order valence-electron chi connectivity index (χ2n) is 19.9. The normalized spacial score (nSPS) is 22.2. The molecule has 1 saturated carbocycles. The van der Waals surface area contributed by atoms with Gasteiger partial charge in [-0.2, -0.15) is 94.5 Å². The Bertz CT molecular complexity index is 2260. The lowest BCUT2D eigenvalue weighted by molar-refractivity contribution is -0.138. The van der Waals surface area contributed by atoms with Gasteiger partial charge in [0.2, 0.25) is 5.91 Å². The van der Waals surface area contributed by atoms with Crippen LogP contribution in [-0.4, -0.2) is 81.6 Å². The average Bonchev–Trinajstić information content (AvgIpc) is 4.09. The molecule has 5 heterocycles. The molecular weight excluding hydrogens is 1030 g/mol. The van der Waals surface area contributed by atoms with Crippen molar-refractivity contribution in [2.75, 3.05) is 26.9 Å². The highest BCUT2D eigenvalue weighted by Gasteiger charge is 2.49. The fraction of sp³-hybridized carbons (Fsp3) is 0.596. The maximum atomic E-state index is 13.8. The van der Waals surface area contributed by atoms with Crippen LogP contribution in [0.2, 0.25) is 0 Å². The van der Waals surface area contributed by atoms with Gasteiger partial charge in [0, 0.05) is 41.8 Å². The highest BCUT2D eigenvalue weighted by molar-refractivity contribution is 7.60. The van der Waals surface area contributed by atoms with Crippen molar-refractivity contribution in [3.8, 4) is 33.6 Å². The first kappa shape index (κ1) is 68.6. The number of fused-ring (bicyclic) bond motifs is 4. The number of carbonyl (C=O) groups excluding carboxylic acids is 3. The number of ether oxygens (including phenoxy) is 2. The number of aromatic amines is 2. The zero-order valence-electron chi connectivity index (χ0n) is 42.0. The van der Waals surface area contributed by atoms with Gasteiger partial charge >= 0.3 is 6.09 Å². The van der Waals surface area contributed by atoms with Crippen molar-refractivity contribution >= 4 is 112 Å². The third-order valence-corrected chi connectivity index (χ3v) is 14.8. The third-order valence-electron chi connectivity index (χ3n) is 14.8. The molecule has 4 N–H and O–H groups in total. The lowest BCUT2D eigenvalue weighted by atomic mass is 9.80. The van der Waals surface area contributed by atoms with Gasteiger partial charge in [0.05, 0.1) is 49.4 Å². The fourth-order valence-electron chi connectivity index (χ4n) is 10.9. The Hall–Kier alpha value is -2.36. The molecule has 71 heavy (non-hydrogen) atoms. The topological polar surface area (TPSA) is 154 Å². The number of nitrogens with zero attached hydrogens (tertiary/aromatic N) is 3. The molecule has 0 radical (unpaired) electrons. The second kappa shape index (κ2) is 30.3. The highest BCUT2D eigenvalue weighted by atomic mass is 32.1. The van der Waals surface area contributed by atoms with Gasteiger partial charge in [-0.25, -0.2) is 14.8 Å². The van der Waals surface area contributed by atoms with Gasteiger partial charge in [-0.05, 0) is 105 Å². The summed E-state index contributed by atoms with van der Waals surface area (Å²) in [6.07, 6.45) is 14.3. The Morgan fingerprint density at radius 1 is 0.831 bits per heavy atom. The van der Waals surface area contributed by atoms with E-state index in [0.717, 1.165) is 92.8 Å². The number of ketones is 1. The lowest BCUT2D eigenvalue weighted by Gasteiger charge is -2.33. The first-order valence-electron chi connectivity index (χ1n) is 23.7. The number of methoxy groups -OCH3 is 1. The fourth-order valence-corrected chi connectivity index (χ4v) is 10.9. The third kappa shape index (κ3) is 15.6. The van der Waals surface area contributed by atoms with Crippen molar-refractivity contribution in [3.63, 3.8) is 0 Å². The van der Waals surface area contributed by atoms with Crippen LogP contribution in [0.15, 0.2) is 48.7 Å². The Labute approximate surface area is 473 Å². The molecule has 2 aromatic carbocycles. The van der Waals surface area contributed by atoms with Gasteiger partial charge in [-0.15, -0.1) is 0 Å². The van der Waals surface area contributed by atoms with Crippen molar-refractivity contribution in [3.05, 3.63) is 71.6 Å². The maximum absolute atomic E-state index is 13.8. The molecule has 0 unspecified atom stereocenters. The second-order valence-corrected chi connectivity index (χ2v) is 19.9. The number of rotatable bonds is 9. The van der Waals surface area contributed by atoms with Crippen molar-refractivity contribution < 1.29 is 23.9 Å². The van der Waals surface area contributed by atoms with Crippen molar-refractivity contribution in [1.82, 2.24) is 35.5 Å². The molecule has 3 aliphatic heterocycles. The van der Waals surface area contributed by atoms with Gasteiger partial charge in [0.1, 0.15) is 11.6 Å². The standard InChI is InChI=1S/C43H54N6O2.C8H15NO3.CH4.7H2S/c1-26(2)27(3)42(50)49-24-43(18-7-19-51-25-43)22-38(49)41-44-23-37(47-41)29-14-12-28(13-15-29)30-16-17-33-31(20-30)9-6-11-35-39(33)48-40(46-35)36-21-32-8-4-5-10-34(32)45-36;1-5(2)7(6(3)10)9-8(11)12-4;;;;;;;;/h12-17,20,23,26-27,32,34,36,38,45H,4-11,18-19,21-22,24-25H2,1-3H3,(H,44,47)(H,46,48);5,7H,1-4H3,(H,9,11);1H4;7*1H2/t27-,32-,34-,36-,38-,43-;7-;;;;;;;;/m00......../s1. The molecule has 19 heteroatoms. The summed E-state index contributed by atoms with van der Waals surface area (Å²) in [6.45, 7) is 13.8. The van der Waals surface area contributed by atoms with Gasteiger partial charge in [-0.3, -0.25) is 9.59 Å². The summed E-state index contributed by atoms with van der Waals surface area (Å²) in [5.41, 5.74) is 9.70. The summed E-state index contributed by atoms with van der Waals surface area (Å²) in [6, 6.07) is 16.3. The minimum atomic E-state index is -0.566. The summed E-state index contributed by atoms with van der Waals surface area (Å²) < 4.78 is 10.3. The van der Waals surface area contributed by atoms with E-state index in [1.54, 1.807) is 0 Å². The zero-order valence-corrected chi connectivity index (χ0v) is 49.0. The summed E-state index contributed by atoms with van der Waals surface area (Å²) in [7, 11) is 1.27. The van der Waals surface area contributed by atoms with E-state index in [-0.39, 0.29) is 137 Å². The van der Waals surface area contributed by atoms with Gasteiger partial charge in [0.15, 0.2) is 5.78 Å². The lowest BCUT2D eigenvalue weighted by Crippen LogP contribution is -2.43. The number of alkyl carbamates (subject to hydrolysis) is 1. The van der Waals surface area contributed by atoms with Crippen LogP contribution in [-0.2, 0) is 31.9 Å². The number of benzene rings is 2. The summed E-state index contributed by atoms with van der Waals surface area (Å²) in [4.78, 5) is 55.1. The molecule has 7 atom stereocenters. The van der Waals surface area contributed by atoms with Crippen LogP contribution in [0.4, 0.5) is 4.79 Å². The van der Waals surface area contributed by atoms with E-state index < -0.39 is 12.1 Å². The number of imidazole rings is 2. The molecule has 12 nitrogen and oxygen atoms in total. The van der Waals surface area contributed by atoms with E-state index in [0.29, 0.717) is 18.0 Å². The van der Waals surface area contributed by atoms with E-state index in [4.69, 9.17) is 14.7 Å². The molecule has 3 saturated heterocycles.